The molecule has 0 fully saturated rings. The Labute approximate surface area is 56.9 Å². The SMILES string of the molecule is O=Cc1c(O)ccc[n+]1[O-]. The highest BCUT2D eigenvalue weighted by molar-refractivity contribution is 5.73. The molecule has 0 spiro atoms. The first-order valence-electron chi connectivity index (χ1n) is 2.62. The molecule has 0 bridgehead atoms. The van der Waals surface area contributed by atoms with E-state index in [-0.39, 0.29) is 11.4 Å². The highest BCUT2D eigenvalue weighted by Crippen LogP contribution is 2.07. The third-order valence-electron chi connectivity index (χ3n) is 1.09. The van der Waals surface area contributed by atoms with E-state index in [4.69, 9.17) is 5.11 Å². The molecule has 0 aliphatic rings. The van der Waals surface area contributed by atoms with E-state index in [0.717, 1.165) is 6.20 Å². The Kier molecular flexibility index (Phi) is 1.53. The summed E-state index contributed by atoms with van der Waals surface area (Å²) in [6.45, 7) is 0. The summed E-state index contributed by atoms with van der Waals surface area (Å²) in [5.74, 6) is -0.299. The molecular weight excluding hydrogens is 134 g/mol. The number of aldehydes is 1. The van der Waals surface area contributed by atoms with Gasteiger partial charge in [0.25, 0.3) is 5.69 Å². The number of carbonyl (C=O) groups is 1. The summed E-state index contributed by atoms with van der Waals surface area (Å²) in [5.41, 5.74) is -0.262. The van der Waals surface area contributed by atoms with Gasteiger partial charge in [0, 0.05) is 6.07 Å². The summed E-state index contributed by atoms with van der Waals surface area (Å²) in [6, 6.07) is 2.63. The highest BCUT2D eigenvalue weighted by Gasteiger charge is 2.07. The molecule has 1 rings (SSSR count). The van der Waals surface area contributed by atoms with Gasteiger partial charge < -0.3 is 10.3 Å². The lowest BCUT2D eigenvalue weighted by Crippen LogP contribution is -2.30. The molecule has 0 amide bonds. The maximum absolute atomic E-state index is 10.6. The molecule has 1 aromatic heterocycles. The van der Waals surface area contributed by atoms with E-state index in [1.54, 1.807) is 0 Å². The van der Waals surface area contributed by atoms with Crippen LogP contribution in [-0.4, -0.2) is 11.4 Å². The van der Waals surface area contributed by atoms with Crippen molar-refractivity contribution >= 4 is 6.29 Å². The molecule has 4 heteroatoms. The first-order valence-corrected chi connectivity index (χ1v) is 2.62. The topological polar surface area (TPSA) is 64.2 Å². The minimum Gasteiger partial charge on any atom is -0.618 e. The highest BCUT2D eigenvalue weighted by atomic mass is 16.5. The summed E-state index contributed by atoms with van der Waals surface area (Å²) in [6.07, 6.45) is 1.45. The molecule has 0 atom stereocenters. The lowest BCUT2D eigenvalue weighted by Gasteiger charge is -1.97. The summed E-state index contributed by atoms with van der Waals surface area (Å²) < 4.78 is 0.308. The monoisotopic (exact) mass is 139 g/mol. The van der Waals surface area contributed by atoms with Gasteiger partial charge in [-0.25, -0.2) is 0 Å². The standard InChI is InChI=1S/C6H5NO3/c8-4-5-6(9)2-1-3-7(5)10/h1-4,9H. The largest absolute Gasteiger partial charge is 0.618 e. The maximum Gasteiger partial charge on any atom is 0.298 e. The number of hydrogen-bond acceptors (Lipinski definition) is 3. The molecule has 0 aliphatic carbocycles. The molecule has 0 saturated carbocycles. The third-order valence-corrected chi connectivity index (χ3v) is 1.09. The Morgan fingerprint density at radius 2 is 2.40 bits per heavy atom. The molecule has 10 heavy (non-hydrogen) atoms. The van der Waals surface area contributed by atoms with Gasteiger partial charge in [-0.2, -0.15) is 4.73 Å². The number of aromatic hydroxyl groups is 1. The Hall–Kier alpha value is -1.58. The van der Waals surface area contributed by atoms with Crippen LogP contribution in [0.1, 0.15) is 10.5 Å². The molecule has 0 unspecified atom stereocenters. The minimum atomic E-state index is -0.299. The molecule has 4 nitrogen and oxygen atoms in total. The summed E-state index contributed by atoms with van der Waals surface area (Å²) >= 11 is 0. The van der Waals surface area contributed by atoms with Crippen molar-refractivity contribution in [3.8, 4) is 5.75 Å². The Morgan fingerprint density at radius 3 is 2.80 bits per heavy atom. The number of rotatable bonds is 1. The van der Waals surface area contributed by atoms with Crippen molar-refractivity contribution in [2.24, 2.45) is 0 Å². The average Bonchev–Trinajstić information content (AvgIpc) is 1.88. The van der Waals surface area contributed by atoms with Crippen LogP contribution in [0.15, 0.2) is 18.3 Å². The fourth-order valence-corrected chi connectivity index (χ4v) is 0.603. The van der Waals surface area contributed by atoms with Gasteiger partial charge in [-0.1, -0.05) is 0 Å². The van der Waals surface area contributed by atoms with E-state index in [0.29, 0.717) is 11.0 Å². The molecule has 1 aromatic rings. The van der Waals surface area contributed by atoms with Crippen molar-refractivity contribution in [1.29, 1.82) is 0 Å². The van der Waals surface area contributed by atoms with Crippen LogP contribution in [0, 0.1) is 5.21 Å². The van der Waals surface area contributed by atoms with Gasteiger partial charge in [0.1, 0.15) is 0 Å². The lowest BCUT2D eigenvalue weighted by atomic mass is 10.3. The van der Waals surface area contributed by atoms with Gasteiger partial charge in [-0.3, -0.25) is 4.79 Å². The smallest absolute Gasteiger partial charge is 0.298 e. The van der Waals surface area contributed by atoms with Crippen molar-refractivity contribution in [2.45, 2.75) is 0 Å². The maximum atomic E-state index is 10.6. The molecule has 1 heterocycles. The Bertz CT molecular complexity index is 239. The van der Waals surface area contributed by atoms with E-state index < -0.39 is 0 Å². The van der Waals surface area contributed by atoms with Crippen LogP contribution in [0.3, 0.4) is 0 Å². The van der Waals surface area contributed by atoms with Gasteiger partial charge in [0.2, 0.25) is 6.29 Å². The zero-order valence-corrected chi connectivity index (χ0v) is 5.02. The van der Waals surface area contributed by atoms with Gasteiger partial charge in [0.15, 0.2) is 11.9 Å². The number of pyridine rings is 1. The van der Waals surface area contributed by atoms with Crippen molar-refractivity contribution < 1.29 is 14.6 Å². The minimum absolute atomic E-state index is 0.262. The predicted molar refractivity (Wildman–Crippen MR) is 32.5 cm³/mol. The van der Waals surface area contributed by atoms with Gasteiger partial charge >= 0.3 is 0 Å². The van der Waals surface area contributed by atoms with Gasteiger partial charge in [-0.15, -0.1) is 0 Å². The number of nitrogens with zero attached hydrogens (tertiary/aromatic N) is 1. The molecule has 0 radical (unpaired) electrons. The van der Waals surface area contributed by atoms with Crippen molar-refractivity contribution in [1.82, 2.24) is 0 Å². The fourth-order valence-electron chi connectivity index (χ4n) is 0.603. The van der Waals surface area contributed by atoms with Crippen molar-refractivity contribution in [3.63, 3.8) is 0 Å². The second-order valence-corrected chi connectivity index (χ2v) is 1.72. The Balaban J connectivity index is 3.30. The second-order valence-electron chi connectivity index (χ2n) is 1.72. The number of aromatic nitrogens is 1. The molecule has 0 aromatic carbocycles. The van der Waals surface area contributed by atoms with Crippen molar-refractivity contribution in [2.75, 3.05) is 0 Å². The average molecular weight is 139 g/mol. The molecule has 0 aliphatic heterocycles. The normalized spacial score (nSPS) is 9.20. The van der Waals surface area contributed by atoms with Crippen molar-refractivity contribution in [3.05, 3.63) is 29.2 Å². The van der Waals surface area contributed by atoms with Crippen LogP contribution in [0.25, 0.3) is 0 Å². The second kappa shape index (κ2) is 2.34. The Morgan fingerprint density at radius 1 is 1.70 bits per heavy atom. The van der Waals surface area contributed by atoms with E-state index >= 15 is 0 Å². The van der Waals surface area contributed by atoms with Gasteiger partial charge in [-0.05, 0) is 6.07 Å². The zero-order valence-electron chi connectivity index (χ0n) is 5.02. The molecule has 0 saturated heterocycles. The summed E-state index contributed by atoms with van der Waals surface area (Å²) in [4.78, 5) is 10.1. The molecule has 1 N–H and O–H groups in total. The fraction of sp³-hybridized carbons (Fsp3) is 0. The molecule has 52 valence electrons. The van der Waals surface area contributed by atoms with E-state index in [2.05, 4.69) is 0 Å². The first-order chi connectivity index (χ1) is 4.75. The van der Waals surface area contributed by atoms with Crippen LogP contribution in [0.5, 0.6) is 5.75 Å². The third kappa shape index (κ3) is 0.907. The molecular formula is C6H5NO3. The predicted octanol–water partition coefficient (Wildman–Crippen LogP) is -0.162. The van der Waals surface area contributed by atoms with E-state index in [1.165, 1.54) is 12.1 Å². The van der Waals surface area contributed by atoms with Crippen LogP contribution < -0.4 is 4.73 Å². The zero-order chi connectivity index (χ0) is 7.56. The number of carbonyl (C=O) groups excluding carboxylic acids is 1. The summed E-state index contributed by atoms with van der Waals surface area (Å²) in [7, 11) is 0. The van der Waals surface area contributed by atoms with E-state index in [9.17, 15) is 10.0 Å². The van der Waals surface area contributed by atoms with Crippen LogP contribution in [-0.2, 0) is 0 Å². The van der Waals surface area contributed by atoms with Crippen LogP contribution in [0.2, 0.25) is 0 Å². The van der Waals surface area contributed by atoms with Gasteiger partial charge in [0.05, 0.1) is 0 Å². The number of hydrogen-bond donors (Lipinski definition) is 1. The van der Waals surface area contributed by atoms with Crippen LogP contribution >= 0.6 is 0 Å². The summed E-state index contributed by atoms with van der Waals surface area (Å²) in [5, 5.41) is 19.4. The lowest BCUT2D eigenvalue weighted by molar-refractivity contribution is -0.607. The first kappa shape index (κ1) is 6.54. The van der Waals surface area contributed by atoms with E-state index in [1.807, 2.05) is 0 Å². The quantitative estimate of drug-likeness (QED) is 0.334. The van der Waals surface area contributed by atoms with Crippen LogP contribution in [0.4, 0.5) is 0 Å².